The molecule has 0 radical (unpaired) electrons. The van der Waals surface area contributed by atoms with Gasteiger partial charge in [-0.15, -0.1) is 0 Å². The fourth-order valence-corrected chi connectivity index (χ4v) is 2.06. The SMILES string of the molecule is CC(C=O)c1cccc(C=O)c1I. The number of carbonyl (C=O) groups excluding carboxylic acids is 2. The van der Waals surface area contributed by atoms with Crippen molar-refractivity contribution >= 4 is 35.2 Å². The number of hydrogen-bond donors (Lipinski definition) is 0. The highest BCUT2D eigenvalue weighted by Crippen LogP contribution is 2.22. The van der Waals surface area contributed by atoms with Crippen molar-refractivity contribution in [2.75, 3.05) is 0 Å². The number of benzene rings is 1. The molecule has 0 aliphatic rings. The van der Waals surface area contributed by atoms with E-state index in [2.05, 4.69) is 22.6 Å². The fraction of sp³-hybridized carbons (Fsp3) is 0.200. The largest absolute Gasteiger partial charge is 0.303 e. The van der Waals surface area contributed by atoms with Gasteiger partial charge in [0.1, 0.15) is 6.29 Å². The van der Waals surface area contributed by atoms with Crippen LogP contribution in [0.3, 0.4) is 0 Å². The molecule has 1 unspecified atom stereocenters. The lowest BCUT2D eigenvalue weighted by Crippen LogP contribution is -2.00. The number of halogens is 1. The monoisotopic (exact) mass is 288 g/mol. The summed E-state index contributed by atoms with van der Waals surface area (Å²) >= 11 is 2.09. The number of hydrogen-bond acceptors (Lipinski definition) is 2. The summed E-state index contributed by atoms with van der Waals surface area (Å²) in [6, 6.07) is 5.41. The van der Waals surface area contributed by atoms with Gasteiger partial charge >= 0.3 is 0 Å². The molecule has 1 aromatic rings. The van der Waals surface area contributed by atoms with E-state index in [9.17, 15) is 9.59 Å². The van der Waals surface area contributed by atoms with E-state index in [1.165, 1.54) is 0 Å². The standard InChI is InChI=1S/C10H9IO2/c1-7(5-12)9-4-2-3-8(6-13)10(9)11/h2-7H,1H3. The fourth-order valence-electron chi connectivity index (χ4n) is 1.08. The Balaban J connectivity index is 3.22. The summed E-state index contributed by atoms with van der Waals surface area (Å²) in [5.41, 5.74) is 1.56. The van der Waals surface area contributed by atoms with Crippen molar-refractivity contribution in [3.8, 4) is 0 Å². The van der Waals surface area contributed by atoms with E-state index in [4.69, 9.17) is 0 Å². The van der Waals surface area contributed by atoms with E-state index >= 15 is 0 Å². The van der Waals surface area contributed by atoms with Crippen molar-refractivity contribution in [3.05, 3.63) is 32.9 Å². The van der Waals surface area contributed by atoms with Gasteiger partial charge in [0.2, 0.25) is 0 Å². The summed E-state index contributed by atoms with van der Waals surface area (Å²) in [4.78, 5) is 21.2. The minimum absolute atomic E-state index is 0.146. The third-order valence-corrected chi connectivity index (χ3v) is 3.13. The van der Waals surface area contributed by atoms with Crippen LogP contribution in [0.25, 0.3) is 0 Å². The van der Waals surface area contributed by atoms with Crippen LogP contribution in [0.1, 0.15) is 28.8 Å². The Hall–Kier alpha value is -0.710. The lowest BCUT2D eigenvalue weighted by molar-refractivity contribution is -0.108. The highest BCUT2D eigenvalue weighted by atomic mass is 127. The second kappa shape index (κ2) is 4.50. The Kier molecular flexibility index (Phi) is 3.59. The van der Waals surface area contributed by atoms with Crippen LogP contribution in [0.4, 0.5) is 0 Å². The summed E-state index contributed by atoms with van der Waals surface area (Å²) in [6.45, 7) is 1.82. The van der Waals surface area contributed by atoms with Gasteiger partial charge in [-0.3, -0.25) is 4.79 Å². The predicted molar refractivity (Wildman–Crippen MR) is 59.0 cm³/mol. The minimum Gasteiger partial charge on any atom is -0.303 e. The summed E-state index contributed by atoms with van der Waals surface area (Å²) in [6.07, 6.45) is 1.69. The molecule has 0 amide bonds. The van der Waals surface area contributed by atoms with Gasteiger partial charge in [-0.2, -0.15) is 0 Å². The average Bonchev–Trinajstić information content (AvgIpc) is 2.17. The van der Waals surface area contributed by atoms with Crippen molar-refractivity contribution < 1.29 is 9.59 Å². The lowest BCUT2D eigenvalue weighted by Gasteiger charge is -2.07. The third kappa shape index (κ3) is 2.15. The summed E-state index contributed by atoms with van der Waals surface area (Å²) in [5.74, 6) is -0.146. The second-order valence-electron chi connectivity index (χ2n) is 2.79. The molecule has 3 heteroatoms. The molecule has 0 N–H and O–H groups in total. The molecule has 0 saturated carbocycles. The second-order valence-corrected chi connectivity index (χ2v) is 3.87. The van der Waals surface area contributed by atoms with E-state index in [-0.39, 0.29) is 5.92 Å². The molecule has 0 fully saturated rings. The van der Waals surface area contributed by atoms with Gasteiger partial charge in [-0.1, -0.05) is 25.1 Å². The van der Waals surface area contributed by atoms with Gasteiger partial charge in [0.15, 0.2) is 6.29 Å². The van der Waals surface area contributed by atoms with Gasteiger partial charge < -0.3 is 4.79 Å². The molecular formula is C10H9IO2. The predicted octanol–water partition coefficient (Wildman–Crippen LogP) is 2.41. The molecule has 0 spiro atoms. The van der Waals surface area contributed by atoms with Gasteiger partial charge in [-0.05, 0) is 28.2 Å². The van der Waals surface area contributed by atoms with E-state index in [0.29, 0.717) is 5.56 Å². The Morgan fingerprint density at radius 3 is 2.62 bits per heavy atom. The molecule has 0 aliphatic heterocycles. The quantitative estimate of drug-likeness (QED) is 0.632. The zero-order valence-corrected chi connectivity index (χ0v) is 9.32. The first kappa shape index (κ1) is 10.4. The van der Waals surface area contributed by atoms with Crippen LogP contribution < -0.4 is 0 Å². The Bertz CT molecular complexity index is 334. The molecule has 1 aromatic carbocycles. The summed E-state index contributed by atoms with van der Waals surface area (Å²) < 4.78 is 0.870. The van der Waals surface area contributed by atoms with Gasteiger partial charge in [-0.25, -0.2) is 0 Å². The number of rotatable bonds is 3. The Labute approximate surface area is 90.5 Å². The lowest BCUT2D eigenvalue weighted by atomic mass is 10.0. The van der Waals surface area contributed by atoms with E-state index < -0.39 is 0 Å². The molecule has 0 bridgehead atoms. The smallest absolute Gasteiger partial charge is 0.151 e. The van der Waals surface area contributed by atoms with E-state index in [1.807, 2.05) is 13.0 Å². The maximum atomic E-state index is 10.6. The summed E-state index contributed by atoms with van der Waals surface area (Å²) in [5, 5.41) is 0. The van der Waals surface area contributed by atoms with Gasteiger partial charge in [0, 0.05) is 15.1 Å². The molecule has 68 valence electrons. The molecule has 1 atom stereocenters. The summed E-state index contributed by atoms with van der Waals surface area (Å²) in [7, 11) is 0. The zero-order chi connectivity index (χ0) is 9.84. The van der Waals surface area contributed by atoms with Crippen molar-refractivity contribution in [2.45, 2.75) is 12.8 Å². The van der Waals surface area contributed by atoms with Crippen LogP contribution in [-0.2, 0) is 4.79 Å². The first-order valence-corrected chi connectivity index (χ1v) is 4.97. The van der Waals surface area contributed by atoms with Crippen molar-refractivity contribution in [1.29, 1.82) is 0 Å². The van der Waals surface area contributed by atoms with Crippen LogP contribution in [0.15, 0.2) is 18.2 Å². The molecule has 1 rings (SSSR count). The molecule has 0 saturated heterocycles. The van der Waals surface area contributed by atoms with E-state index in [1.54, 1.807) is 12.1 Å². The maximum Gasteiger partial charge on any atom is 0.151 e. The van der Waals surface area contributed by atoms with Crippen LogP contribution in [-0.4, -0.2) is 12.6 Å². The van der Waals surface area contributed by atoms with E-state index in [0.717, 1.165) is 21.7 Å². The minimum atomic E-state index is -0.146. The molecule has 13 heavy (non-hydrogen) atoms. The topological polar surface area (TPSA) is 34.1 Å². The molecule has 0 aromatic heterocycles. The average molecular weight is 288 g/mol. The Morgan fingerprint density at radius 2 is 2.08 bits per heavy atom. The zero-order valence-electron chi connectivity index (χ0n) is 7.16. The molecule has 0 aliphatic carbocycles. The third-order valence-electron chi connectivity index (χ3n) is 1.88. The maximum absolute atomic E-state index is 10.6. The molecular weight excluding hydrogens is 279 g/mol. The van der Waals surface area contributed by atoms with Gasteiger partial charge in [0.25, 0.3) is 0 Å². The number of aldehydes is 2. The van der Waals surface area contributed by atoms with Crippen LogP contribution in [0.2, 0.25) is 0 Å². The highest BCUT2D eigenvalue weighted by molar-refractivity contribution is 14.1. The number of carbonyl (C=O) groups is 2. The highest BCUT2D eigenvalue weighted by Gasteiger charge is 2.10. The first-order chi connectivity index (χ1) is 6.20. The van der Waals surface area contributed by atoms with Crippen molar-refractivity contribution in [2.24, 2.45) is 0 Å². The van der Waals surface area contributed by atoms with Crippen LogP contribution in [0, 0.1) is 3.57 Å². The van der Waals surface area contributed by atoms with Crippen LogP contribution in [0.5, 0.6) is 0 Å². The normalized spacial score (nSPS) is 12.2. The van der Waals surface area contributed by atoms with Crippen molar-refractivity contribution in [3.63, 3.8) is 0 Å². The van der Waals surface area contributed by atoms with Gasteiger partial charge in [0.05, 0.1) is 0 Å². The molecule has 0 heterocycles. The van der Waals surface area contributed by atoms with Crippen LogP contribution >= 0.6 is 22.6 Å². The first-order valence-electron chi connectivity index (χ1n) is 3.89. The Morgan fingerprint density at radius 1 is 1.38 bits per heavy atom. The van der Waals surface area contributed by atoms with Crippen molar-refractivity contribution in [1.82, 2.24) is 0 Å². The molecule has 2 nitrogen and oxygen atoms in total.